The zero-order valence-electron chi connectivity index (χ0n) is 17.2. The number of nitrogens with zero attached hydrogens (tertiary/aromatic N) is 2. The van der Waals surface area contributed by atoms with Gasteiger partial charge >= 0.3 is 0 Å². The van der Waals surface area contributed by atoms with Gasteiger partial charge in [-0.1, -0.05) is 25.4 Å². The molecule has 0 fully saturated rings. The second-order valence-electron chi connectivity index (χ2n) is 8.11. The molecule has 0 atom stereocenters. The molecule has 1 aromatic carbocycles. The minimum atomic E-state index is -0.219. The highest BCUT2D eigenvalue weighted by Gasteiger charge is 2.23. The number of hydrogen-bond acceptors (Lipinski definition) is 3. The Morgan fingerprint density at radius 2 is 1.82 bits per heavy atom. The maximum atomic E-state index is 12.4. The molecular formula is C21H29ClN4O2. The molecule has 0 radical (unpaired) electrons. The lowest BCUT2D eigenvalue weighted by Gasteiger charge is -2.23. The molecule has 0 saturated carbocycles. The summed E-state index contributed by atoms with van der Waals surface area (Å²) in [6, 6.07) is 8.79. The summed E-state index contributed by atoms with van der Waals surface area (Å²) in [5.74, 6) is -0.0523. The van der Waals surface area contributed by atoms with Crippen LogP contribution < -0.4 is 10.6 Å². The average Bonchev–Trinajstić information content (AvgIpc) is 3.07. The third-order valence-corrected chi connectivity index (χ3v) is 4.44. The van der Waals surface area contributed by atoms with Crippen LogP contribution >= 0.6 is 11.6 Å². The largest absolute Gasteiger partial charge is 0.351 e. The van der Waals surface area contributed by atoms with Gasteiger partial charge in [0.25, 0.3) is 5.91 Å². The van der Waals surface area contributed by atoms with Gasteiger partial charge in [-0.25, -0.2) is 0 Å². The van der Waals surface area contributed by atoms with Crippen molar-refractivity contribution in [2.45, 2.75) is 58.9 Å². The number of benzene rings is 1. The summed E-state index contributed by atoms with van der Waals surface area (Å²) < 4.78 is 1.91. The van der Waals surface area contributed by atoms with Crippen molar-refractivity contribution >= 4 is 29.1 Å². The number of hydrogen-bond donors (Lipinski definition) is 2. The number of rotatable bonds is 7. The van der Waals surface area contributed by atoms with E-state index in [1.807, 2.05) is 10.7 Å². The van der Waals surface area contributed by atoms with Crippen LogP contribution in [0.2, 0.25) is 5.02 Å². The van der Waals surface area contributed by atoms with Gasteiger partial charge in [-0.05, 0) is 63.4 Å². The van der Waals surface area contributed by atoms with Crippen molar-refractivity contribution in [2.24, 2.45) is 0 Å². The molecule has 6 nitrogen and oxygen atoms in total. The first-order valence-corrected chi connectivity index (χ1v) is 9.90. The number of anilines is 1. The predicted molar refractivity (Wildman–Crippen MR) is 113 cm³/mol. The molecule has 7 heteroatoms. The van der Waals surface area contributed by atoms with Gasteiger partial charge in [0.1, 0.15) is 5.69 Å². The standard InChI is InChI=1S/C21H29ClN4O2/c1-14(2)18-13-17(25-26(18)21(3,4)5)20(28)23-12-6-7-19(27)24-16-10-8-15(22)9-11-16/h8-11,13-14H,6-7,12H2,1-5H3,(H,23,28)(H,24,27). The molecule has 2 aromatic rings. The summed E-state index contributed by atoms with van der Waals surface area (Å²) in [7, 11) is 0. The van der Waals surface area contributed by atoms with E-state index in [1.165, 1.54) is 0 Å². The van der Waals surface area contributed by atoms with E-state index >= 15 is 0 Å². The van der Waals surface area contributed by atoms with E-state index in [2.05, 4.69) is 50.4 Å². The summed E-state index contributed by atoms with van der Waals surface area (Å²) in [5.41, 5.74) is 1.94. The second kappa shape index (κ2) is 9.24. The predicted octanol–water partition coefficient (Wildman–Crippen LogP) is 4.56. The summed E-state index contributed by atoms with van der Waals surface area (Å²) in [6.07, 6.45) is 0.860. The molecule has 0 aliphatic carbocycles. The van der Waals surface area contributed by atoms with Crippen molar-refractivity contribution in [3.05, 3.63) is 46.7 Å². The fourth-order valence-electron chi connectivity index (χ4n) is 2.75. The Bertz CT molecular complexity index is 820. The number of halogens is 1. The zero-order valence-corrected chi connectivity index (χ0v) is 17.9. The van der Waals surface area contributed by atoms with Crippen LogP contribution in [0.3, 0.4) is 0 Å². The van der Waals surface area contributed by atoms with E-state index in [4.69, 9.17) is 11.6 Å². The van der Waals surface area contributed by atoms with Gasteiger partial charge in [0.15, 0.2) is 0 Å². The lowest BCUT2D eigenvalue weighted by molar-refractivity contribution is -0.116. The molecule has 28 heavy (non-hydrogen) atoms. The SMILES string of the molecule is CC(C)c1cc(C(=O)NCCCC(=O)Nc2ccc(Cl)cc2)nn1C(C)(C)C. The van der Waals surface area contributed by atoms with Crippen molar-refractivity contribution in [3.8, 4) is 0 Å². The lowest BCUT2D eigenvalue weighted by atomic mass is 10.1. The summed E-state index contributed by atoms with van der Waals surface area (Å²) in [6.45, 7) is 10.8. The number of aromatic nitrogens is 2. The van der Waals surface area contributed by atoms with Gasteiger partial charge in [-0.2, -0.15) is 5.10 Å². The van der Waals surface area contributed by atoms with Gasteiger partial charge in [0.2, 0.25) is 5.91 Å². The van der Waals surface area contributed by atoms with Crippen molar-refractivity contribution in [2.75, 3.05) is 11.9 Å². The fourth-order valence-corrected chi connectivity index (χ4v) is 2.88. The van der Waals surface area contributed by atoms with Crippen molar-refractivity contribution in [1.29, 1.82) is 0 Å². The number of carbonyl (C=O) groups excluding carboxylic acids is 2. The smallest absolute Gasteiger partial charge is 0.271 e. The highest BCUT2D eigenvalue weighted by molar-refractivity contribution is 6.30. The monoisotopic (exact) mass is 404 g/mol. The van der Waals surface area contributed by atoms with Crippen LogP contribution in [0.25, 0.3) is 0 Å². The molecule has 0 bridgehead atoms. The first-order valence-electron chi connectivity index (χ1n) is 9.52. The van der Waals surface area contributed by atoms with Crippen molar-refractivity contribution in [1.82, 2.24) is 15.1 Å². The van der Waals surface area contributed by atoms with E-state index in [1.54, 1.807) is 24.3 Å². The van der Waals surface area contributed by atoms with Crippen LogP contribution in [0.5, 0.6) is 0 Å². The van der Waals surface area contributed by atoms with Gasteiger partial charge in [-0.3, -0.25) is 14.3 Å². The highest BCUT2D eigenvalue weighted by atomic mass is 35.5. The van der Waals surface area contributed by atoms with Crippen molar-refractivity contribution in [3.63, 3.8) is 0 Å². The Morgan fingerprint density at radius 1 is 1.18 bits per heavy atom. The minimum Gasteiger partial charge on any atom is -0.351 e. The molecule has 2 N–H and O–H groups in total. The van der Waals surface area contributed by atoms with E-state index in [-0.39, 0.29) is 23.3 Å². The molecule has 0 unspecified atom stereocenters. The quantitative estimate of drug-likeness (QED) is 0.664. The van der Waals surface area contributed by atoms with Crippen molar-refractivity contribution < 1.29 is 9.59 Å². The molecule has 0 aliphatic heterocycles. The Labute approximate surface area is 171 Å². The maximum absolute atomic E-state index is 12.4. The van der Waals surface area contributed by atoms with E-state index in [0.29, 0.717) is 35.8 Å². The third-order valence-electron chi connectivity index (χ3n) is 4.19. The second-order valence-corrected chi connectivity index (χ2v) is 8.54. The summed E-state index contributed by atoms with van der Waals surface area (Å²) in [5, 5.41) is 10.8. The van der Waals surface area contributed by atoms with Crippen LogP contribution in [0.4, 0.5) is 5.69 Å². The van der Waals surface area contributed by atoms with E-state index < -0.39 is 0 Å². The molecule has 152 valence electrons. The first kappa shape index (κ1) is 22.0. The molecule has 2 amide bonds. The van der Waals surface area contributed by atoms with Crippen LogP contribution in [0.15, 0.2) is 30.3 Å². The number of nitrogens with one attached hydrogen (secondary N) is 2. The molecule has 0 spiro atoms. The van der Waals surface area contributed by atoms with Crippen LogP contribution in [0, 0.1) is 0 Å². The molecule has 1 heterocycles. The Kier molecular flexibility index (Phi) is 7.24. The summed E-state index contributed by atoms with van der Waals surface area (Å²) in [4.78, 5) is 24.4. The van der Waals surface area contributed by atoms with Gasteiger partial charge < -0.3 is 10.6 Å². The normalized spacial score (nSPS) is 11.5. The summed E-state index contributed by atoms with van der Waals surface area (Å²) >= 11 is 5.82. The van der Waals surface area contributed by atoms with Gasteiger partial charge in [0, 0.05) is 29.4 Å². The lowest BCUT2D eigenvalue weighted by Crippen LogP contribution is -2.28. The van der Waals surface area contributed by atoms with Crippen LogP contribution in [-0.4, -0.2) is 28.1 Å². The molecular weight excluding hydrogens is 376 g/mol. The van der Waals surface area contributed by atoms with E-state index in [0.717, 1.165) is 5.69 Å². The van der Waals surface area contributed by atoms with Gasteiger partial charge in [0.05, 0.1) is 5.54 Å². The molecule has 0 saturated heterocycles. The minimum absolute atomic E-state index is 0.101. The third kappa shape index (κ3) is 6.09. The van der Waals surface area contributed by atoms with Crippen LogP contribution in [0.1, 0.15) is 69.6 Å². The van der Waals surface area contributed by atoms with Gasteiger partial charge in [-0.15, -0.1) is 0 Å². The van der Waals surface area contributed by atoms with E-state index in [9.17, 15) is 9.59 Å². The number of carbonyl (C=O) groups is 2. The highest BCUT2D eigenvalue weighted by Crippen LogP contribution is 2.23. The van der Waals surface area contributed by atoms with Crippen LogP contribution in [-0.2, 0) is 10.3 Å². The average molecular weight is 405 g/mol. The molecule has 2 rings (SSSR count). The Morgan fingerprint density at radius 3 is 2.36 bits per heavy atom. The first-order chi connectivity index (χ1) is 13.1. The Hall–Kier alpha value is -2.34. The molecule has 1 aromatic heterocycles. The number of amides is 2. The topological polar surface area (TPSA) is 76.0 Å². The molecule has 0 aliphatic rings. The zero-order chi connectivity index (χ0) is 20.9. The maximum Gasteiger partial charge on any atom is 0.271 e. The Balaban J connectivity index is 1.84. The fraction of sp³-hybridized carbons (Fsp3) is 0.476.